The van der Waals surface area contributed by atoms with Crippen LogP contribution in [0.3, 0.4) is 0 Å². The van der Waals surface area contributed by atoms with Crippen LogP contribution in [0.5, 0.6) is 0 Å². The summed E-state index contributed by atoms with van der Waals surface area (Å²) in [5.74, 6) is 0.651. The van der Waals surface area contributed by atoms with Gasteiger partial charge >= 0.3 is 0 Å². The highest BCUT2D eigenvalue weighted by atomic mass is 35.5. The monoisotopic (exact) mass is 350 g/mol. The van der Waals surface area contributed by atoms with Crippen LogP contribution in [0.25, 0.3) is 10.9 Å². The molecule has 2 unspecified atom stereocenters. The van der Waals surface area contributed by atoms with Crippen LogP contribution in [0.1, 0.15) is 29.2 Å². The number of nitrogens with one attached hydrogen (secondary N) is 1. The maximum Gasteiger partial charge on any atom is 0.226 e. The quantitative estimate of drug-likeness (QED) is 0.725. The molecule has 2 aromatic carbocycles. The fraction of sp³-hybridized carbons (Fsp3) is 0.286. The average molecular weight is 351 g/mol. The molecule has 0 radical (unpaired) electrons. The molecular formula is C21H19ClN2O. The van der Waals surface area contributed by atoms with Crippen molar-refractivity contribution in [2.45, 2.75) is 25.3 Å². The van der Waals surface area contributed by atoms with Crippen molar-refractivity contribution in [2.75, 3.05) is 6.54 Å². The van der Waals surface area contributed by atoms with Crippen molar-refractivity contribution in [1.29, 1.82) is 0 Å². The highest BCUT2D eigenvalue weighted by Gasteiger charge is 2.46. The topological polar surface area (TPSA) is 36.1 Å². The lowest BCUT2D eigenvalue weighted by Gasteiger charge is -2.27. The maximum atomic E-state index is 13.0. The Balaban J connectivity index is 1.37. The first kappa shape index (κ1) is 15.0. The minimum absolute atomic E-state index is 0.0895. The van der Waals surface area contributed by atoms with Crippen LogP contribution < -0.4 is 0 Å². The zero-order valence-electron chi connectivity index (χ0n) is 13.8. The third kappa shape index (κ3) is 2.46. The zero-order valence-corrected chi connectivity index (χ0v) is 14.6. The lowest BCUT2D eigenvalue weighted by molar-refractivity contribution is -0.133. The fourth-order valence-corrected chi connectivity index (χ4v) is 4.45. The largest absolute Gasteiger partial charge is 0.358 e. The lowest BCUT2D eigenvalue weighted by atomic mass is 10.0. The molecule has 2 heterocycles. The van der Waals surface area contributed by atoms with E-state index >= 15 is 0 Å². The molecule has 1 aliphatic carbocycles. The second-order valence-corrected chi connectivity index (χ2v) is 7.51. The van der Waals surface area contributed by atoms with Gasteiger partial charge in [0.1, 0.15) is 0 Å². The molecule has 1 aliphatic heterocycles. The van der Waals surface area contributed by atoms with E-state index in [0.717, 1.165) is 30.0 Å². The molecule has 25 heavy (non-hydrogen) atoms. The standard InChI is InChI=1S/C21H19ClN2O/c22-18-7-3-1-5-13(18)15-11-16(15)21(25)24-10-9-20-17(12-24)14-6-2-4-8-19(14)23-20/h1-8,15-16,23H,9-12H2. The molecule has 0 bridgehead atoms. The molecule has 2 aliphatic rings. The van der Waals surface area contributed by atoms with Crippen LogP contribution in [-0.2, 0) is 17.8 Å². The van der Waals surface area contributed by atoms with E-state index < -0.39 is 0 Å². The van der Waals surface area contributed by atoms with Crippen LogP contribution in [0.4, 0.5) is 0 Å². The summed E-state index contributed by atoms with van der Waals surface area (Å²) in [6, 6.07) is 16.3. The number of H-pyrrole nitrogens is 1. The second-order valence-electron chi connectivity index (χ2n) is 7.11. The van der Waals surface area contributed by atoms with Crippen molar-refractivity contribution in [3.63, 3.8) is 0 Å². The van der Waals surface area contributed by atoms with E-state index in [1.165, 1.54) is 22.2 Å². The summed E-state index contributed by atoms with van der Waals surface area (Å²) < 4.78 is 0. The first-order valence-corrected chi connectivity index (χ1v) is 9.22. The summed E-state index contributed by atoms with van der Waals surface area (Å²) in [5.41, 5.74) is 4.85. The van der Waals surface area contributed by atoms with Crippen molar-refractivity contribution >= 4 is 28.4 Å². The summed E-state index contributed by atoms with van der Waals surface area (Å²) in [7, 11) is 0. The van der Waals surface area contributed by atoms with Crippen molar-refractivity contribution in [3.8, 4) is 0 Å². The Morgan fingerprint density at radius 2 is 1.92 bits per heavy atom. The van der Waals surface area contributed by atoms with E-state index in [1.54, 1.807) is 0 Å². The molecule has 1 amide bonds. The van der Waals surface area contributed by atoms with Gasteiger partial charge in [0.25, 0.3) is 0 Å². The molecule has 1 N–H and O–H groups in total. The molecule has 1 aromatic heterocycles. The molecule has 3 aromatic rings. The molecule has 5 rings (SSSR count). The Kier molecular flexibility index (Phi) is 3.39. The first-order valence-electron chi connectivity index (χ1n) is 8.84. The van der Waals surface area contributed by atoms with Gasteiger partial charge in [0, 0.05) is 52.6 Å². The molecule has 1 fully saturated rings. The number of nitrogens with zero attached hydrogens (tertiary/aromatic N) is 1. The van der Waals surface area contributed by atoms with Crippen LogP contribution in [0.2, 0.25) is 5.02 Å². The summed E-state index contributed by atoms with van der Waals surface area (Å²) in [5, 5.41) is 2.02. The van der Waals surface area contributed by atoms with E-state index in [1.807, 2.05) is 35.2 Å². The van der Waals surface area contributed by atoms with Gasteiger partial charge in [-0.15, -0.1) is 0 Å². The number of fused-ring (bicyclic) bond motifs is 3. The van der Waals surface area contributed by atoms with Gasteiger partial charge in [-0.3, -0.25) is 4.79 Å². The maximum absolute atomic E-state index is 13.0. The van der Waals surface area contributed by atoms with E-state index in [0.29, 0.717) is 6.54 Å². The summed E-state index contributed by atoms with van der Waals surface area (Å²) >= 11 is 6.30. The molecule has 1 saturated carbocycles. The number of para-hydroxylation sites is 1. The molecule has 126 valence electrons. The number of amides is 1. The predicted octanol–water partition coefficient (Wildman–Crippen LogP) is 4.51. The smallest absolute Gasteiger partial charge is 0.226 e. The van der Waals surface area contributed by atoms with Gasteiger partial charge in [-0.2, -0.15) is 0 Å². The molecule has 0 saturated heterocycles. The minimum Gasteiger partial charge on any atom is -0.358 e. The Labute approximate surface area is 151 Å². The average Bonchev–Trinajstić information content (AvgIpc) is 3.34. The number of aromatic amines is 1. The van der Waals surface area contributed by atoms with Gasteiger partial charge in [0.2, 0.25) is 5.91 Å². The van der Waals surface area contributed by atoms with Gasteiger partial charge in [0.05, 0.1) is 0 Å². The molecule has 2 atom stereocenters. The number of hydrogen-bond donors (Lipinski definition) is 1. The van der Waals surface area contributed by atoms with Crippen LogP contribution in [-0.4, -0.2) is 22.3 Å². The molecule has 3 nitrogen and oxygen atoms in total. The number of carbonyl (C=O) groups is 1. The number of halogens is 1. The Bertz CT molecular complexity index is 977. The SMILES string of the molecule is O=C(C1CC1c1ccccc1Cl)N1CCc2[nH]c3ccccc3c2C1. The third-order valence-corrected chi connectivity index (χ3v) is 5.95. The van der Waals surface area contributed by atoms with E-state index in [-0.39, 0.29) is 17.7 Å². The minimum atomic E-state index is 0.0895. The fourth-order valence-electron chi connectivity index (χ4n) is 4.18. The van der Waals surface area contributed by atoms with Gasteiger partial charge in [-0.05, 0) is 30.0 Å². The number of rotatable bonds is 2. The summed E-state index contributed by atoms with van der Waals surface area (Å²) in [4.78, 5) is 18.5. The Morgan fingerprint density at radius 1 is 1.12 bits per heavy atom. The van der Waals surface area contributed by atoms with Crippen LogP contribution >= 0.6 is 11.6 Å². The van der Waals surface area contributed by atoms with E-state index in [9.17, 15) is 4.79 Å². The number of aromatic nitrogens is 1. The summed E-state index contributed by atoms with van der Waals surface area (Å²) in [6.45, 7) is 1.51. The number of benzene rings is 2. The second kappa shape index (κ2) is 5.63. The Hall–Kier alpha value is -2.26. The van der Waals surface area contributed by atoms with Crippen LogP contribution in [0, 0.1) is 5.92 Å². The molecule has 4 heteroatoms. The highest BCUT2D eigenvalue weighted by Crippen LogP contribution is 2.50. The molecular weight excluding hydrogens is 332 g/mol. The Morgan fingerprint density at radius 3 is 2.80 bits per heavy atom. The van der Waals surface area contributed by atoms with Crippen molar-refractivity contribution in [1.82, 2.24) is 9.88 Å². The van der Waals surface area contributed by atoms with E-state index in [4.69, 9.17) is 11.6 Å². The predicted molar refractivity (Wildman–Crippen MR) is 99.7 cm³/mol. The van der Waals surface area contributed by atoms with Gasteiger partial charge in [-0.25, -0.2) is 0 Å². The number of hydrogen-bond acceptors (Lipinski definition) is 1. The van der Waals surface area contributed by atoms with Crippen molar-refractivity contribution < 1.29 is 4.79 Å². The molecule has 0 spiro atoms. The van der Waals surface area contributed by atoms with Crippen LogP contribution in [0.15, 0.2) is 48.5 Å². The summed E-state index contributed by atoms with van der Waals surface area (Å²) in [6.07, 6.45) is 1.82. The first-order chi connectivity index (χ1) is 12.2. The van der Waals surface area contributed by atoms with Crippen molar-refractivity contribution in [2.24, 2.45) is 5.92 Å². The van der Waals surface area contributed by atoms with Gasteiger partial charge in [0.15, 0.2) is 0 Å². The van der Waals surface area contributed by atoms with E-state index in [2.05, 4.69) is 23.2 Å². The normalized spacial score (nSPS) is 22.0. The van der Waals surface area contributed by atoms with Gasteiger partial charge < -0.3 is 9.88 Å². The lowest BCUT2D eigenvalue weighted by Crippen LogP contribution is -2.37. The van der Waals surface area contributed by atoms with Crippen molar-refractivity contribution in [3.05, 3.63) is 70.4 Å². The third-order valence-electron chi connectivity index (χ3n) is 5.61. The van der Waals surface area contributed by atoms with Gasteiger partial charge in [-0.1, -0.05) is 48.0 Å². The highest BCUT2D eigenvalue weighted by molar-refractivity contribution is 6.31. The number of carbonyl (C=O) groups excluding carboxylic acids is 1. The zero-order chi connectivity index (χ0) is 17.0.